The highest BCUT2D eigenvalue weighted by Crippen LogP contribution is 2.33. The Balaban J connectivity index is 1.75. The molecule has 0 bridgehead atoms. The average molecular weight is 440 g/mol. The van der Waals surface area contributed by atoms with Crippen LogP contribution in [0.5, 0.6) is 5.75 Å². The summed E-state index contributed by atoms with van der Waals surface area (Å²) in [4.78, 5) is 17.2. The van der Waals surface area contributed by atoms with E-state index in [0.29, 0.717) is 28.1 Å². The Labute approximate surface area is 181 Å². The Morgan fingerprint density at radius 3 is 2.41 bits per heavy atom. The predicted molar refractivity (Wildman–Crippen MR) is 114 cm³/mol. The Bertz CT molecular complexity index is 1260. The van der Waals surface area contributed by atoms with Crippen molar-refractivity contribution in [3.8, 4) is 17.0 Å². The van der Waals surface area contributed by atoms with Crippen LogP contribution in [0.1, 0.15) is 28.5 Å². The first kappa shape index (κ1) is 21.4. The Hall–Kier alpha value is -3.88. The third-order valence-corrected chi connectivity index (χ3v) is 4.78. The van der Waals surface area contributed by atoms with Crippen molar-refractivity contribution in [1.29, 1.82) is 0 Å². The summed E-state index contributed by atoms with van der Waals surface area (Å²) in [6.07, 6.45) is -3.60. The standard InChI is InChI=1S/C23H19F3N4O2/c1-3-32-17-10-8-16(9-11-17)28-22(31)18-13-27-30-20(23(24,25)26)12-19(29-21(18)30)15-6-4-14(2)5-7-15/h4-13H,3H2,1-2H3,(H,28,31). The second-order valence-electron chi connectivity index (χ2n) is 7.10. The van der Waals surface area contributed by atoms with Gasteiger partial charge in [-0.2, -0.15) is 18.3 Å². The topological polar surface area (TPSA) is 68.5 Å². The van der Waals surface area contributed by atoms with Gasteiger partial charge in [0.05, 0.1) is 18.5 Å². The molecular weight excluding hydrogens is 421 g/mol. The number of rotatable bonds is 5. The number of hydrogen-bond donors (Lipinski definition) is 1. The summed E-state index contributed by atoms with van der Waals surface area (Å²) in [5.74, 6) is 0.0200. The van der Waals surface area contributed by atoms with Crippen LogP contribution in [0.2, 0.25) is 0 Å². The maximum atomic E-state index is 13.7. The molecule has 0 unspecified atom stereocenters. The second kappa shape index (κ2) is 8.33. The van der Waals surface area contributed by atoms with E-state index in [1.54, 1.807) is 48.5 Å². The molecule has 1 N–H and O–H groups in total. The molecular formula is C23H19F3N4O2. The maximum absolute atomic E-state index is 13.7. The van der Waals surface area contributed by atoms with Crippen LogP contribution in [0.25, 0.3) is 16.9 Å². The van der Waals surface area contributed by atoms with Crippen LogP contribution < -0.4 is 10.1 Å². The molecule has 0 spiro atoms. The third-order valence-electron chi connectivity index (χ3n) is 4.78. The number of carbonyl (C=O) groups excluding carboxylic acids is 1. The van der Waals surface area contributed by atoms with Crippen LogP contribution in [0.15, 0.2) is 60.8 Å². The van der Waals surface area contributed by atoms with Gasteiger partial charge in [-0.25, -0.2) is 9.50 Å². The fourth-order valence-electron chi connectivity index (χ4n) is 3.20. The fraction of sp³-hybridized carbons (Fsp3) is 0.174. The summed E-state index contributed by atoms with van der Waals surface area (Å²) in [5, 5.41) is 6.45. The number of nitrogens with one attached hydrogen (secondary N) is 1. The molecule has 4 aromatic rings. The van der Waals surface area contributed by atoms with Gasteiger partial charge < -0.3 is 10.1 Å². The highest BCUT2D eigenvalue weighted by Gasteiger charge is 2.36. The fourth-order valence-corrected chi connectivity index (χ4v) is 3.20. The van der Waals surface area contributed by atoms with E-state index in [1.807, 2.05) is 13.8 Å². The van der Waals surface area contributed by atoms with Gasteiger partial charge in [-0.3, -0.25) is 4.79 Å². The second-order valence-corrected chi connectivity index (χ2v) is 7.10. The van der Waals surface area contributed by atoms with Crippen molar-refractivity contribution in [2.75, 3.05) is 11.9 Å². The average Bonchev–Trinajstić information content (AvgIpc) is 3.18. The van der Waals surface area contributed by atoms with E-state index < -0.39 is 17.8 Å². The van der Waals surface area contributed by atoms with Gasteiger partial charge in [0.15, 0.2) is 11.3 Å². The van der Waals surface area contributed by atoms with Crippen LogP contribution >= 0.6 is 0 Å². The van der Waals surface area contributed by atoms with E-state index in [2.05, 4.69) is 15.4 Å². The normalized spacial score (nSPS) is 11.5. The number of hydrogen-bond acceptors (Lipinski definition) is 4. The molecule has 0 saturated carbocycles. The summed E-state index contributed by atoms with van der Waals surface area (Å²) < 4.78 is 47.2. The SMILES string of the molecule is CCOc1ccc(NC(=O)c2cnn3c(C(F)(F)F)cc(-c4ccc(C)cc4)nc23)cc1. The van der Waals surface area contributed by atoms with Gasteiger partial charge in [-0.1, -0.05) is 29.8 Å². The zero-order valence-corrected chi connectivity index (χ0v) is 17.3. The van der Waals surface area contributed by atoms with E-state index in [-0.39, 0.29) is 16.9 Å². The van der Waals surface area contributed by atoms with Crippen LogP contribution in [0, 0.1) is 6.92 Å². The number of anilines is 1. The maximum Gasteiger partial charge on any atom is 0.433 e. The molecule has 0 aliphatic heterocycles. The lowest BCUT2D eigenvalue weighted by Crippen LogP contribution is -2.15. The van der Waals surface area contributed by atoms with Gasteiger partial charge in [0, 0.05) is 11.3 Å². The van der Waals surface area contributed by atoms with Gasteiger partial charge in [0.25, 0.3) is 5.91 Å². The highest BCUT2D eigenvalue weighted by atomic mass is 19.4. The lowest BCUT2D eigenvalue weighted by molar-refractivity contribution is -0.142. The van der Waals surface area contributed by atoms with Gasteiger partial charge in [-0.15, -0.1) is 0 Å². The smallest absolute Gasteiger partial charge is 0.433 e. The molecule has 0 fully saturated rings. The molecule has 32 heavy (non-hydrogen) atoms. The van der Waals surface area contributed by atoms with E-state index in [4.69, 9.17) is 4.74 Å². The first-order chi connectivity index (χ1) is 15.3. The van der Waals surface area contributed by atoms with E-state index in [1.165, 1.54) is 0 Å². The molecule has 0 radical (unpaired) electrons. The first-order valence-corrected chi connectivity index (χ1v) is 9.83. The number of halogens is 3. The Kier molecular flexibility index (Phi) is 5.56. The summed E-state index contributed by atoms with van der Waals surface area (Å²) in [7, 11) is 0. The molecule has 6 nitrogen and oxygen atoms in total. The number of carbonyl (C=O) groups is 1. The number of ether oxygens (including phenoxy) is 1. The van der Waals surface area contributed by atoms with Gasteiger partial charge in [-0.05, 0) is 44.2 Å². The summed E-state index contributed by atoms with van der Waals surface area (Å²) >= 11 is 0. The molecule has 164 valence electrons. The highest BCUT2D eigenvalue weighted by molar-refractivity contribution is 6.08. The number of aryl methyl sites for hydroxylation is 1. The molecule has 2 aromatic carbocycles. The zero-order valence-electron chi connectivity index (χ0n) is 17.3. The van der Waals surface area contributed by atoms with Crippen molar-refractivity contribution >= 4 is 17.2 Å². The summed E-state index contributed by atoms with van der Waals surface area (Å²) in [6.45, 7) is 4.24. The molecule has 2 heterocycles. The van der Waals surface area contributed by atoms with Crippen molar-refractivity contribution in [3.05, 3.63) is 77.6 Å². The van der Waals surface area contributed by atoms with Crippen molar-refractivity contribution in [2.45, 2.75) is 20.0 Å². The van der Waals surface area contributed by atoms with E-state index in [9.17, 15) is 18.0 Å². The third kappa shape index (κ3) is 4.27. The molecule has 0 aliphatic carbocycles. The minimum atomic E-state index is -4.69. The van der Waals surface area contributed by atoms with Crippen LogP contribution in [-0.2, 0) is 6.18 Å². The van der Waals surface area contributed by atoms with Crippen LogP contribution in [0.4, 0.5) is 18.9 Å². The monoisotopic (exact) mass is 440 g/mol. The number of aromatic nitrogens is 3. The largest absolute Gasteiger partial charge is 0.494 e. The Morgan fingerprint density at radius 1 is 1.09 bits per heavy atom. The van der Waals surface area contributed by atoms with Crippen LogP contribution in [-0.4, -0.2) is 27.1 Å². The number of amides is 1. The van der Waals surface area contributed by atoms with Gasteiger partial charge in [0.1, 0.15) is 11.3 Å². The minimum absolute atomic E-state index is 0.0710. The molecule has 0 aliphatic rings. The quantitative estimate of drug-likeness (QED) is 0.453. The summed E-state index contributed by atoms with van der Waals surface area (Å²) in [6, 6.07) is 14.5. The number of fused-ring (bicyclic) bond motifs is 1. The zero-order chi connectivity index (χ0) is 22.9. The predicted octanol–water partition coefficient (Wildman–Crippen LogP) is 5.37. The molecule has 0 atom stereocenters. The molecule has 0 saturated heterocycles. The Morgan fingerprint density at radius 2 is 1.78 bits per heavy atom. The molecule has 2 aromatic heterocycles. The lowest BCUT2D eigenvalue weighted by Gasteiger charge is -2.12. The van der Waals surface area contributed by atoms with Gasteiger partial charge >= 0.3 is 6.18 Å². The summed E-state index contributed by atoms with van der Waals surface area (Å²) in [5.41, 5.74) is 0.757. The van der Waals surface area contributed by atoms with Crippen molar-refractivity contribution in [3.63, 3.8) is 0 Å². The van der Waals surface area contributed by atoms with Crippen molar-refractivity contribution < 1.29 is 22.7 Å². The van der Waals surface area contributed by atoms with Crippen LogP contribution in [0.3, 0.4) is 0 Å². The first-order valence-electron chi connectivity index (χ1n) is 9.83. The molecule has 9 heteroatoms. The van der Waals surface area contributed by atoms with Crippen molar-refractivity contribution in [1.82, 2.24) is 14.6 Å². The lowest BCUT2D eigenvalue weighted by atomic mass is 10.1. The number of alkyl halides is 3. The molecule has 1 amide bonds. The minimum Gasteiger partial charge on any atom is -0.494 e. The van der Waals surface area contributed by atoms with E-state index >= 15 is 0 Å². The van der Waals surface area contributed by atoms with Crippen molar-refractivity contribution in [2.24, 2.45) is 0 Å². The number of benzene rings is 2. The van der Waals surface area contributed by atoms with E-state index in [0.717, 1.165) is 17.8 Å². The van der Waals surface area contributed by atoms with Gasteiger partial charge in [0.2, 0.25) is 0 Å². The number of nitrogens with zero attached hydrogens (tertiary/aromatic N) is 3. The molecule has 4 rings (SSSR count).